The number of rotatable bonds is 3. The van der Waals surface area contributed by atoms with Crippen molar-refractivity contribution in [2.75, 3.05) is 0 Å². The summed E-state index contributed by atoms with van der Waals surface area (Å²) in [4.78, 5) is 0. The number of halogens is 1. The second-order valence-corrected chi connectivity index (χ2v) is 5.86. The van der Waals surface area contributed by atoms with Crippen molar-refractivity contribution < 1.29 is 0 Å². The highest BCUT2D eigenvalue weighted by atomic mass is 35.5. The third-order valence-electron chi connectivity index (χ3n) is 4.00. The maximum absolute atomic E-state index is 6.70. The molecular weight excluding hydrogens is 252 g/mol. The molecule has 0 aliphatic rings. The van der Waals surface area contributed by atoms with E-state index in [-0.39, 0.29) is 5.38 Å². The molecule has 0 fully saturated rings. The minimum Gasteiger partial charge on any atom is -0.117 e. The van der Waals surface area contributed by atoms with Crippen LogP contribution in [0.2, 0.25) is 0 Å². The summed E-state index contributed by atoms with van der Waals surface area (Å²) >= 11 is 6.70. The third-order valence-corrected chi connectivity index (χ3v) is 4.37. The van der Waals surface area contributed by atoms with E-state index in [4.69, 9.17) is 11.6 Å². The Hall–Kier alpha value is -1.27. The Kier molecular flexibility index (Phi) is 4.31. The van der Waals surface area contributed by atoms with Crippen molar-refractivity contribution in [3.63, 3.8) is 0 Å². The van der Waals surface area contributed by atoms with E-state index in [0.29, 0.717) is 0 Å². The van der Waals surface area contributed by atoms with Gasteiger partial charge < -0.3 is 0 Å². The molecule has 0 spiro atoms. The Morgan fingerprint density at radius 1 is 0.895 bits per heavy atom. The van der Waals surface area contributed by atoms with E-state index in [1.54, 1.807) is 0 Å². The van der Waals surface area contributed by atoms with Gasteiger partial charge in [0.15, 0.2) is 0 Å². The van der Waals surface area contributed by atoms with Crippen molar-refractivity contribution in [1.29, 1.82) is 0 Å². The summed E-state index contributed by atoms with van der Waals surface area (Å²) in [7, 11) is 0. The van der Waals surface area contributed by atoms with Crippen molar-refractivity contribution in [3.05, 3.63) is 69.8 Å². The maximum atomic E-state index is 6.70. The lowest BCUT2D eigenvalue weighted by Crippen LogP contribution is -2.04. The molecule has 0 aromatic heterocycles. The molecule has 0 amide bonds. The molecule has 100 valence electrons. The molecule has 1 atom stereocenters. The van der Waals surface area contributed by atoms with Gasteiger partial charge in [-0.05, 0) is 67.5 Å². The van der Waals surface area contributed by atoms with Gasteiger partial charge in [0.25, 0.3) is 0 Å². The fourth-order valence-electron chi connectivity index (χ4n) is 2.64. The molecule has 2 rings (SSSR count). The summed E-state index contributed by atoms with van der Waals surface area (Å²) in [6, 6.07) is 12.7. The van der Waals surface area contributed by atoms with Crippen LogP contribution < -0.4 is 0 Å². The van der Waals surface area contributed by atoms with Crippen LogP contribution in [0.4, 0.5) is 0 Å². The van der Waals surface area contributed by atoms with Gasteiger partial charge in [0.05, 0.1) is 5.38 Å². The highest BCUT2D eigenvalue weighted by Crippen LogP contribution is 2.33. The van der Waals surface area contributed by atoms with Gasteiger partial charge in [-0.1, -0.05) is 36.4 Å². The first-order valence-corrected chi connectivity index (χ1v) is 7.19. The van der Waals surface area contributed by atoms with E-state index < -0.39 is 0 Å². The number of aryl methyl sites for hydroxylation is 2. The standard InChI is InChI=1S/C18H21Cl/c1-12-10-13(2)15(4)18(14(12)3)17(19)11-16-8-6-5-7-9-16/h5-10,17H,11H2,1-4H3. The van der Waals surface area contributed by atoms with Crippen molar-refractivity contribution in [2.45, 2.75) is 39.5 Å². The van der Waals surface area contributed by atoms with Crippen LogP contribution in [0.3, 0.4) is 0 Å². The molecule has 0 aliphatic carbocycles. The maximum Gasteiger partial charge on any atom is 0.0630 e. The zero-order chi connectivity index (χ0) is 14.0. The first-order valence-electron chi connectivity index (χ1n) is 6.76. The molecular formula is C18H21Cl. The SMILES string of the molecule is Cc1cc(C)c(C)c(C(Cl)Cc2ccccc2)c1C. The average molecular weight is 273 g/mol. The van der Waals surface area contributed by atoms with Crippen LogP contribution in [0.5, 0.6) is 0 Å². The molecule has 19 heavy (non-hydrogen) atoms. The zero-order valence-electron chi connectivity index (χ0n) is 12.1. The molecule has 0 N–H and O–H groups in total. The third kappa shape index (κ3) is 3.01. The summed E-state index contributed by atoms with van der Waals surface area (Å²) in [5.41, 5.74) is 7.93. The van der Waals surface area contributed by atoms with Gasteiger partial charge in [-0.2, -0.15) is 0 Å². The molecule has 2 aromatic rings. The van der Waals surface area contributed by atoms with E-state index in [1.807, 2.05) is 6.07 Å². The van der Waals surface area contributed by atoms with E-state index in [0.717, 1.165) is 6.42 Å². The first-order chi connectivity index (χ1) is 9.00. The lowest BCUT2D eigenvalue weighted by molar-refractivity contribution is 0.892. The van der Waals surface area contributed by atoms with E-state index in [9.17, 15) is 0 Å². The van der Waals surface area contributed by atoms with Gasteiger partial charge in [-0.15, -0.1) is 11.6 Å². The lowest BCUT2D eigenvalue weighted by Gasteiger charge is -2.19. The fourth-order valence-corrected chi connectivity index (χ4v) is 3.15. The Morgan fingerprint density at radius 3 is 1.95 bits per heavy atom. The van der Waals surface area contributed by atoms with Gasteiger partial charge in [0.1, 0.15) is 0 Å². The van der Waals surface area contributed by atoms with Crippen molar-refractivity contribution >= 4 is 11.6 Å². The molecule has 0 heterocycles. The Labute approximate surface area is 121 Å². The summed E-state index contributed by atoms with van der Waals surface area (Å²) in [6.45, 7) is 8.68. The molecule has 0 radical (unpaired) electrons. The molecule has 0 nitrogen and oxygen atoms in total. The normalized spacial score (nSPS) is 12.5. The quantitative estimate of drug-likeness (QED) is 0.653. The molecule has 0 bridgehead atoms. The van der Waals surface area contributed by atoms with Crippen molar-refractivity contribution in [3.8, 4) is 0 Å². The van der Waals surface area contributed by atoms with E-state index in [2.05, 4.69) is 58.0 Å². The monoisotopic (exact) mass is 272 g/mol. The van der Waals surface area contributed by atoms with Crippen LogP contribution in [0, 0.1) is 27.7 Å². The van der Waals surface area contributed by atoms with Gasteiger partial charge in [0.2, 0.25) is 0 Å². The Balaban J connectivity index is 2.36. The highest BCUT2D eigenvalue weighted by molar-refractivity contribution is 6.21. The van der Waals surface area contributed by atoms with Crippen LogP contribution in [-0.4, -0.2) is 0 Å². The van der Waals surface area contributed by atoms with Gasteiger partial charge in [0, 0.05) is 0 Å². The zero-order valence-corrected chi connectivity index (χ0v) is 12.9. The molecule has 1 unspecified atom stereocenters. The van der Waals surface area contributed by atoms with Gasteiger partial charge in [-0.25, -0.2) is 0 Å². The van der Waals surface area contributed by atoms with E-state index in [1.165, 1.54) is 33.4 Å². The average Bonchev–Trinajstić information content (AvgIpc) is 2.38. The summed E-state index contributed by atoms with van der Waals surface area (Å²) in [5.74, 6) is 0. The Morgan fingerprint density at radius 2 is 1.42 bits per heavy atom. The van der Waals surface area contributed by atoms with Crippen LogP contribution in [0.1, 0.15) is 38.8 Å². The number of alkyl halides is 1. The van der Waals surface area contributed by atoms with Crippen molar-refractivity contribution in [1.82, 2.24) is 0 Å². The predicted molar refractivity (Wildman–Crippen MR) is 84.1 cm³/mol. The predicted octanol–water partition coefficient (Wildman–Crippen LogP) is 5.44. The number of hydrogen-bond acceptors (Lipinski definition) is 0. The van der Waals surface area contributed by atoms with Crippen LogP contribution in [0.25, 0.3) is 0 Å². The number of hydrogen-bond donors (Lipinski definition) is 0. The molecule has 2 aromatic carbocycles. The van der Waals surface area contributed by atoms with Gasteiger partial charge >= 0.3 is 0 Å². The largest absolute Gasteiger partial charge is 0.117 e. The minimum atomic E-state index is 0.0426. The van der Waals surface area contributed by atoms with Crippen LogP contribution in [-0.2, 0) is 6.42 Å². The fraction of sp³-hybridized carbons (Fsp3) is 0.333. The number of benzene rings is 2. The topological polar surface area (TPSA) is 0 Å². The second-order valence-electron chi connectivity index (χ2n) is 5.33. The highest BCUT2D eigenvalue weighted by Gasteiger charge is 2.16. The lowest BCUT2D eigenvalue weighted by atomic mass is 9.90. The van der Waals surface area contributed by atoms with Crippen LogP contribution in [0.15, 0.2) is 36.4 Å². The molecule has 0 saturated carbocycles. The molecule has 0 saturated heterocycles. The summed E-state index contributed by atoms with van der Waals surface area (Å²) in [6.07, 6.45) is 0.882. The first kappa shape index (κ1) is 14.1. The molecule has 1 heteroatoms. The second kappa shape index (κ2) is 5.79. The Bertz CT molecular complexity index is 544. The van der Waals surface area contributed by atoms with Crippen LogP contribution >= 0.6 is 11.6 Å². The summed E-state index contributed by atoms with van der Waals surface area (Å²) < 4.78 is 0. The smallest absolute Gasteiger partial charge is 0.0630 e. The minimum absolute atomic E-state index is 0.0426. The summed E-state index contributed by atoms with van der Waals surface area (Å²) in [5, 5.41) is 0.0426. The van der Waals surface area contributed by atoms with Gasteiger partial charge in [-0.3, -0.25) is 0 Å². The van der Waals surface area contributed by atoms with E-state index >= 15 is 0 Å². The molecule has 0 aliphatic heterocycles. The van der Waals surface area contributed by atoms with Crippen molar-refractivity contribution in [2.24, 2.45) is 0 Å².